The molecule has 7 nitrogen and oxygen atoms in total. The molecule has 0 saturated heterocycles. The van der Waals surface area contributed by atoms with Gasteiger partial charge in [-0.3, -0.25) is 9.59 Å². The lowest BCUT2D eigenvalue weighted by Crippen LogP contribution is -2.53. The summed E-state index contributed by atoms with van der Waals surface area (Å²) < 4.78 is 41.4. The maximum Gasteiger partial charge on any atom is 0.243 e. The Kier molecular flexibility index (Phi) is 9.35. The van der Waals surface area contributed by atoms with E-state index in [0.29, 0.717) is 12.0 Å². The average molecular weight is 554 g/mol. The summed E-state index contributed by atoms with van der Waals surface area (Å²) in [5, 5.41) is 4.79. The molecule has 1 N–H and O–H groups in total. The highest BCUT2D eigenvalue weighted by Gasteiger charge is 2.33. The number of fused-ring (bicyclic) bond motifs is 1. The second-order valence-electron chi connectivity index (χ2n) is 10.2. The fraction of sp³-hybridized carbons (Fsp3) is 0.400. The van der Waals surface area contributed by atoms with Crippen molar-refractivity contribution < 1.29 is 22.4 Å². The number of sulfonamides is 1. The lowest BCUT2D eigenvalue weighted by molar-refractivity contribution is -0.141. The number of amides is 2. The van der Waals surface area contributed by atoms with Gasteiger partial charge in [-0.15, -0.1) is 0 Å². The number of rotatable bonds is 10. The van der Waals surface area contributed by atoms with Crippen LogP contribution in [0.15, 0.2) is 71.6 Å². The van der Waals surface area contributed by atoms with E-state index in [9.17, 15) is 22.4 Å². The van der Waals surface area contributed by atoms with Crippen LogP contribution in [-0.4, -0.2) is 55.1 Å². The van der Waals surface area contributed by atoms with E-state index >= 15 is 0 Å². The highest BCUT2D eigenvalue weighted by molar-refractivity contribution is 7.89. The van der Waals surface area contributed by atoms with Crippen molar-refractivity contribution in [3.05, 3.63) is 78.1 Å². The average Bonchev–Trinajstić information content (AvgIpc) is 2.94. The summed E-state index contributed by atoms with van der Waals surface area (Å²) in [5.74, 6) is -1.16. The molecule has 1 atom stereocenters. The van der Waals surface area contributed by atoms with Gasteiger partial charge in [0.1, 0.15) is 11.9 Å². The van der Waals surface area contributed by atoms with Gasteiger partial charge in [0.25, 0.3) is 0 Å². The minimum atomic E-state index is -3.98. The molecule has 1 fully saturated rings. The van der Waals surface area contributed by atoms with Gasteiger partial charge in [-0.2, -0.15) is 4.31 Å². The third-order valence-electron chi connectivity index (χ3n) is 7.39. The molecule has 1 aliphatic carbocycles. The summed E-state index contributed by atoms with van der Waals surface area (Å²) in [4.78, 5) is 28.5. The summed E-state index contributed by atoms with van der Waals surface area (Å²) in [6.07, 6.45) is 5.42. The summed E-state index contributed by atoms with van der Waals surface area (Å²) in [6.45, 7) is 1.44. The Morgan fingerprint density at radius 2 is 1.64 bits per heavy atom. The van der Waals surface area contributed by atoms with Crippen LogP contribution >= 0.6 is 0 Å². The smallest absolute Gasteiger partial charge is 0.243 e. The number of halogens is 1. The number of carbonyl (C=O) groups excluding carboxylic acids is 2. The van der Waals surface area contributed by atoms with Gasteiger partial charge in [-0.1, -0.05) is 68.7 Å². The van der Waals surface area contributed by atoms with Crippen LogP contribution in [0.2, 0.25) is 0 Å². The Morgan fingerprint density at radius 1 is 0.974 bits per heavy atom. The van der Waals surface area contributed by atoms with Crippen molar-refractivity contribution in [2.45, 2.75) is 69.0 Å². The van der Waals surface area contributed by atoms with E-state index in [4.69, 9.17) is 0 Å². The van der Waals surface area contributed by atoms with E-state index in [2.05, 4.69) is 5.32 Å². The summed E-state index contributed by atoms with van der Waals surface area (Å²) >= 11 is 0. The van der Waals surface area contributed by atoms with Gasteiger partial charge in [0.15, 0.2) is 0 Å². The number of hydrogen-bond acceptors (Lipinski definition) is 4. The molecule has 9 heteroatoms. The van der Waals surface area contributed by atoms with Gasteiger partial charge in [0, 0.05) is 19.6 Å². The first-order valence-corrected chi connectivity index (χ1v) is 14.9. The van der Waals surface area contributed by atoms with Crippen molar-refractivity contribution in [3.63, 3.8) is 0 Å². The Balaban J connectivity index is 1.56. The summed E-state index contributed by atoms with van der Waals surface area (Å²) in [7, 11) is -2.61. The van der Waals surface area contributed by atoms with Crippen LogP contribution in [0.1, 0.15) is 51.0 Å². The molecule has 39 heavy (non-hydrogen) atoms. The van der Waals surface area contributed by atoms with Gasteiger partial charge in [0.2, 0.25) is 21.8 Å². The zero-order valence-electron chi connectivity index (χ0n) is 22.5. The number of likely N-dealkylation sites (N-methyl/N-ethyl adjacent to an activating group) is 1. The van der Waals surface area contributed by atoms with E-state index in [1.807, 2.05) is 31.2 Å². The molecular weight excluding hydrogens is 517 g/mol. The molecule has 208 valence electrons. The van der Waals surface area contributed by atoms with Crippen LogP contribution in [0, 0.1) is 5.82 Å². The summed E-state index contributed by atoms with van der Waals surface area (Å²) in [5.41, 5.74) is 0.647. The fourth-order valence-electron chi connectivity index (χ4n) is 5.12. The maximum absolute atomic E-state index is 13.7. The monoisotopic (exact) mass is 553 g/mol. The van der Waals surface area contributed by atoms with Crippen molar-refractivity contribution >= 4 is 32.6 Å². The van der Waals surface area contributed by atoms with Crippen LogP contribution in [0.3, 0.4) is 0 Å². The number of benzene rings is 3. The third-order valence-corrected chi connectivity index (χ3v) is 9.19. The molecule has 2 amide bonds. The molecule has 0 unspecified atom stereocenters. The second-order valence-corrected chi connectivity index (χ2v) is 12.2. The molecule has 1 aliphatic rings. The molecule has 1 saturated carbocycles. The first kappa shape index (κ1) is 28.7. The molecule has 3 aromatic carbocycles. The molecule has 0 heterocycles. The zero-order valence-corrected chi connectivity index (χ0v) is 23.3. The lowest BCUT2D eigenvalue weighted by atomic mass is 9.95. The molecule has 0 bridgehead atoms. The Bertz CT molecular complexity index is 1410. The molecule has 0 aliphatic heterocycles. The first-order chi connectivity index (χ1) is 18.7. The van der Waals surface area contributed by atoms with Gasteiger partial charge in [0.05, 0.1) is 11.4 Å². The first-order valence-electron chi connectivity index (χ1n) is 13.5. The second kappa shape index (κ2) is 12.7. The standard InChI is InChI=1S/C30H36FN3O4S/c1-3-28(30(36)32-26-11-5-4-6-12-26)34(20-22-13-16-25(31)17-14-22)29(35)21-33(2)39(37,38)27-18-15-23-9-7-8-10-24(23)19-27/h7-10,13-19,26,28H,3-6,11-12,20-21H2,1-2H3,(H,32,36)/t28-/m1/s1. The zero-order chi connectivity index (χ0) is 28.0. The topological polar surface area (TPSA) is 86.8 Å². The van der Waals surface area contributed by atoms with Crippen molar-refractivity contribution in [2.24, 2.45) is 0 Å². The van der Waals surface area contributed by atoms with Gasteiger partial charge >= 0.3 is 0 Å². The molecule has 4 rings (SSSR count). The van der Waals surface area contributed by atoms with E-state index in [-0.39, 0.29) is 23.4 Å². The minimum absolute atomic E-state index is 0.0551. The quantitative estimate of drug-likeness (QED) is 0.389. The van der Waals surface area contributed by atoms with Crippen LogP contribution < -0.4 is 5.32 Å². The Hall–Kier alpha value is -3.30. The largest absolute Gasteiger partial charge is 0.352 e. The number of carbonyl (C=O) groups is 2. The molecular formula is C30H36FN3O4S. The Morgan fingerprint density at radius 3 is 2.31 bits per heavy atom. The normalized spacial score (nSPS) is 15.3. The van der Waals surface area contributed by atoms with Crippen LogP contribution in [0.25, 0.3) is 10.8 Å². The predicted octanol–water partition coefficient (Wildman–Crippen LogP) is 4.86. The summed E-state index contributed by atoms with van der Waals surface area (Å²) in [6, 6.07) is 17.3. The van der Waals surface area contributed by atoms with Gasteiger partial charge in [-0.25, -0.2) is 12.8 Å². The highest BCUT2D eigenvalue weighted by Crippen LogP contribution is 2.23. The van der Waals surface area contributed by atoms with Crippen LogP contribution in [0.5, 0.6) is 0 Å². The van der Waals surface area contributed by atoms with Crippen LogP contribution in [-0.2, 0) is 26.2 Å². The molecule has 0 radical (unpaired) electrons. The van der Waals surface area contributed by atoms with Crippen molar-refractivity contribution in [2.75, 3.05) is 13.6 Å². The van der Waals surface area contributed by atoms with Gasteiger partial charge < -0.3 is 10.2 Å². The number of nitrogens with one attached hydrogen (secondary N) is 1. The molecule has 0 spiro atoms. The van der Waals surface area contributed by atoms with Crippen molar-refractivity contribution in [1.82, 2.24) is 14.5 Å². The predicted molar refractivity (Wildman–Crippen MR) is 150 cm³/mol. The fourth-order valence-corrected chi connectivity index (χ4v) is 6.28. The number of hydrogen-bond donors (Lipinski definition) is 1. The van der Waals surface area contributed by atoms with E-state index in [0.717, 1.165) is 47.2 Å². The Labute approximate surface area is 230 Å². The van der Waals surface area contributed by atoms with Crippen LogP contribution in [0.4, 0.5) is 4.39 Å². The van der Waals surface area contributed by atoms with Crippen molar-refractivity contribution in [3.8, 4) is 0 Å². The number of nitrogens with zero attached hydrogens (tertiary/aromatic N) is 2. The van der Waals surface area contributed by atoms with Gasteiger partial charge in [-0.05, 0) is 59.9 Å². The maximum atomic E-state index is 13.7. The molecule has 3 aromatic rings. The van der Waals surface area contributed by atoms with E-state index in [1.165, 1.54) is 30.1 Å². The highest BCUT2D eigenvalue weighted by atomic mass is 32.2. The molecule has 0 aromatic heterocycles. The van der Waals surface area contributed by atoms with E-state index in [1.54, 1.807) is 24.3 Å². The minimum Gasteiger partial charge on any atom is -0.352 e. The van der Waals surface area contributed by atoms with E-state index < -0.39 is 34.3 Å². The van der Waals surface area contributed by atoms with Crippen molar-refractivity contribution in [1.29, 1.82) is 0 Å². The SMILES string of the molecule is CC[C@H](C(=O)NC1CCCCC1)N(Cc1ccc(F)cc1)C(=O)CN(C)S(=O)(=O)c1ccc2ccccc2c1. The third kappa shape index (κ3) is 7.02. The lowest BCUT2D eigenvalue weighted by Gasteiger charge is -2.33.